The van der Waals surface area contributed by atoms with Crippen molar-refractivity contribution in [2.45, 2.75) is 19.3 Å². The molecule has 2 aromatic carbocycles. The molecule has 2 nitrogen and oxygen atoms in total. The van der Waals surface area contributed by atoms with Gasteiger partial charge in [0, 0.05) is 17.9 Å². The Balaban J connectivity index is 1.66. The molecule has 0 amide bonds. The highest BCUT2D eigenvalue weighted by Gasteiger charge is 1.96. The number of nitrogens with one attached hydrogen (secondary N) is 1. The van der Waals surface area contributed by atoms with Crippen molar-refractivity contribution in [2.75, 3.05) is 17.6 Å². The van der Waals surface area contributed by atoms with E-state index < -0.39 is 0 Å². The van der Waals surface area contributed by atoms with Crippen LogP contribution in [0.1, 0.15) is 18.4 Å². The molecule has 0 heterocycles. The smallest absolute Gasteiger partial charge is 0.125 e. The third-order valence-electron chi connectivity index (χ3n) is 3.03. The van der Waals surface area contributed by atoms with E-state index in [1.807, 2.05) is 18.2 Å². The summed E-state index contributed by atoms with van der Waals surface area (Å²) in [6, 6.07) is 14.5. The highest BCUT2D eigenvalue weighted by molar-refractivity contribution is 5.43. The fourth-order valence-electron chi connectivity index (χ4n) is 1.97. The topological polar surface area (TPSA) is 38.0 Å². The zero-order valence-electron chi connectivity index (χ0n) is 10.9. The van der Waals surface area contributed by atoms with Crippen LogP contribution in [0.5, 0.6) is 0 Å². The Kier molecular flexibility index (Phi) is 4.78. The average molecular weight is 258 g/mol. The number of unbranched alkanes of at least 4 members (excludes halogenated alkanes) is 1. The number of halogens is 1. The van der Waals surface area contributed by atoms with Crippen LogP contribution in [0.3, 0.4) is 0 Å². The maximum absolute atomic E-state index is 12.9. The number of nitrogen functional groups attached to an aromatic ring is 1. The molecule has 0 spiro atoms. The molecule has 0 aliphatic heterocycles. The molecular formula is C16H19FN2. The summed E-state index contributed by atoms with van der Waals surface area (Å²) in [6.07, 6.45) is 3.21. The SMILES string of the molecule is Nc1ccc(CCCCNc2cccc(F)c2)cc1. The number of hydrogen-bond acceptors (Lipinski definition) is 2. The summed E-state index contributed by atoms with van der Waals surface area (Å²) in [7, 11) is 0. The third-order valence-corrected chi connectivity index (χ3v) is 3.03. The van der Waals surface area contributed by atoms with Gasteiger partial charge in [0.25, 0.3) is 0 Å². The van der Waals surface area contributed by atoms with Crippen molar-refractivity contribution < 1.29 is 4.39 Å². The summed E-state index contributed by atoms with van der Waals surface area (Å²) in [5.41, 5.74) is 8.59. The first-order chi connectivity index (χ1) is 9.24. The maximum atomic E-state index is 12.9. The number of nitrogens with two attached hydrogens (primary N) is 1. The first kappa shape index (κ1) is 13.4. The molecule has 3 heteroatoms. The van der Waals surface area contributed by atoms with Gasteiger partial charge in [-0.2, -0.15) is 0 Å². The number of aryl methyl sites for hydroxylation is 1. The van der Waals surface area contributed by atoms with Crippen LogP contribution in [-0.4, -0.2) is 6.54 Å². The molecule has 0 saturated carbocycles. The monoisotopic (exact) mass is 258 g/mol. The van der Waals surface area contributed by atoms with Gasteiger partial charge in [0.05, 0.1) is 0 Å². The van der Waals surface area contributed by atoms with E-state index in [-0.39, 0.29) is 5.82 Å². The van der Waals surface area contributed by atoms with E-state index in [1.54, 1.807) is 6.07 Å². The standard InChI is InChI=1S/C16H19FN2/c17-14-5-3-6-16(12-14)19-11-2-1-4-13-7-9-15(18)10-8-13/h3,5-10,12,19H,1-2,4,11,18H2. The highest BCUT2D eigenvalue weighted by atomic mass is 19.1. The average Bonchev–Trinajstić information content (AvgIpc) is 2.41. The van der Waals surface area contributed by atoms with E-state index in [0.29, 0.717) is 0 Å². The van der Waals surface area contributed by atoms with Crippen LogP contribution in [0.25, 0.3) is 0 Å². The van der Waals surface area contributed by atoms with Gasteiger partial charge < -0.3 is 11.1 Å². The molecule has 3 N–H and O–H groups in total. The zero-order valence-corrected chi connectivity index (χ0v) is 10.9. The molecule has 0 radical (unpaired) electrons. The Bertz CT molecular complexity index is 508. The quantitative estimate of drug-likeness (QED) is 0.610. The molecule has 0 aliphatic rings. The van der Waals surface area contributed by atoms with Crippen molar-refractivity contribution in [2.24, 2.45) is 0 Å². The van der Waals surface area contributed by atoms with Crippen LogP contribution in [0, 0.1) is 5.82 Å². The molecule has 0 aromatic heterocycles. The first-order valence-electron chi connectivity index (χ1n) is 6.58. The van der Waals surface area contributed by atoms with Crippen molar-refractivity contribution in [1.29, 1.82) is 0 Å². The van der Waals surface area contributed by atoms with Crippen LogP contribution in [-0.2, 0) is 6.42 Å². The van der Waals surface area contributed by atoms with Gasteiger partial charge in [-0.25, -0.2) is 4.39 Å². The summed E-state index contributed by atoms with van der Waals surface area (Å²) < 4.78 is 12.9. The predicted octanol–water partition coefficient (Wildman–Crippen LogP) is 3.84. The normalized spacial score (nSPS) is 10.4. The molecule has 100 valence electrons. The van der Waals surface area contributed by atoms with Gasteiger partial charge >= 0.3 is 0 Å². The minimum atomic E-state index is -0.202. The molecule has 19 heavy (non-hydrogen) atoms. The van der Waals surface area contributed by atoms with Gasteiger partial charge in [-0.3, -0.25) is 0 Å². The second kappa shape index (κ2) is 6.78. The maximum Gasteiger partial charge on any atom is 0.125 e. The van der Waals surface area contributed by atoms with E-state index in [4.69, 9.17) is 5.73 Å². The van der Waals surface area contributed by atoms with Gasteiger partial charge in [0.1, 0.15) is 5.82 Å². The number of anilines is 2. The molecule has 0 unspecified atom stereocenters. The molecule has 0 saturated heterocycles. The number of rotatable bonds is 6. The van der Waals surface area contributed by atoms with Crippen molar-refractivity contribution in [1.82, 2.24) is 0 Å². The molecule has 0 bridgehead atoms. The molecular weight excluding hydrogens is 239 g/mol. The van der Waals surface area contributed by atoms with Crippen molar-refractivity contribution in [3.63, 3.8) is 0 Å². The van der Waals surface area contributed by atoms with Crippen LogP contribution < -0.4 is 11.1 Å². The summed E-state index contributed by atoms with van der Waals surface area (Å²) in [4.78, 5) is 0. The van der Waals surface area contributed by atoms with Crippen molar-refractivity contribution in [3.05, 3.63) is 59.9 Å². The van der Waals surface area contributed by atoms with Gasteiger partial charge in [-0.1, -0.05) is 18.2 Å². The fourth-order valence-corrected chi connectivity index (χ4v) is 1.97. The van der Waals surface area contributed by atoms with Crippen LogP contribution >= 0.6 is 0 Å². The summed E-state index contributed by atoms with van der Waals surface area (Å²) >= 11 is 0. The Hall–Kier alpha value is -2.03. The van der Waals surface area contributed by atoms with E-state index in [9.17, 15) is 4.39 Å². The third kappa shape index (κ3) is 4.62. The second-order valence-electron chi connectivity index (χ2n) is 4.64. The lowest BCUT2D eigenvalue weighted by molar-refractivity contribution is 0.628. The minimum Gasteiger partial charge on any atom is -0.399 e. The molecule has 2 aromatic rings. The highest BCUT2D eigenvalue weighted by Crippen LogP contribution is 2.11. The lowest BCUT2D eigenvalue weighted by Gasteiger charge is -2.06. The zero-order chi connectivity index (χ0) is 13.5. The molecule has 0 fully saturated rings. The Morgan fingerprint density at radius 3 is 2.53 bits per heavy atom. The van der Waals surface area contributed by atoms with Gasteiger partial charge in [-0.15, -0.1) is 0 Å². The lowest BCUT2D eigenvalue weighted by atomic mass is 10.1. The molecule has 0 aliphatic carbocycles. The Labute approximate surface area is 113 Å². The van der Waals surface area contributed by atoms with E-state index >= 15 is 0 Å². The lowest BCUT2D eigenvalue weighted by Crippen LogP contribution is -2.02. The summed E-state index contributed by atoms with van der Waals surface area (Å²) in [5.74, 6) is -0.202. The van der Waals surface area contributed by atoms with Crippen LogP contribution in [0.15, 0.2) is 48.5 Å². The van der Waals surface area contributed by atoms with Crippen molar-refractivity contribution in [3.8, 4) is 0 Å². The first-order valence-corrected chi connectivity index (χ1v) is 6.58. The van der Waals surface area contributed by atoms with Crippen LogP contribution in [0.4, 0.5) is 15.8 Å². The number of benzene rings is 2. The largest absolute Gasteiger partial charge is 0.399 e. The molecule has 2 rings (SSSR count). The van der Waals surface area contributed by atoms with E-state index in [1.165, 1.54) is 17.7 Å². The Morgan fingerprint density at radius 1 is 1.00 bits per heavy atom. The number of hydrogen-bond donors (Lipinski definition) is 2. The fraction of sp³-hybridized carbons (Fsp3) is 0.250. The Morgan fingerprint density at radius 2 is 1.79 bits per heavy atom. The van der Waals surface area contributed by atoms with E-state index in [2.05, 4.69) is 17.4 Å². The predicted molar refractivity (Wildman–Crippen MR) is 78.7 cm³/mol. The second-order valence-corrected chi connectivity index (χ2v) is 4.64. The van der Waals surface area contributed by atoms with Crippen LogP contribution in [0.2, 0.25) is 0 Å². The van der Waals surface area contributed by atoms with Crippen molar-refractivity contribution >= 4 is 11.4 Å². The minimum absolute atomic E-state index is 0.202. The summed E-state index contributed by atoms with van der Waals surface area (Å²) in [6.45, 7) is 0.860. The molecule has 0 atom stereocenters. The van der Waals surface area contributed by atoms with E-state index in [0.717, 1.165) is 37.2 Å². The van der Waals surface area contributed by atoms with Gasteiger partial charge in [0.2, 0.25) is 0 Å². The van der Waals surface area contributed by atoms with Gasteiger partial charge in [-0.05, 0) is 55.2 Å². The van der Waals surface area contributed by atoms with Gasteiger partial charge in [0.15, 0.2) is 0 Å². The summed E-state index contributed by atoms with van der Waals surface area (Å²) in [5, 5.41) is 3.22.